The van der Waals surface area contributed by atoms with Gasteiger partial charge in [0.05, 0.1) is 16.8 Å². The second kappa shape index (κ2) is 5.81. The van der Waals surface area contributed by atoms with Crippen molar-refractivity contribution in [2.45, 2.75) is 19.4 Å². The third kappa shape index (κ3) is 2.69. The van der Waals surface area contributed by atoms with Gasteiger partial charge in [0.1, 0.15) is 5.69 Å². The minimum atomic E-state index is -0.178. The summed E-state index contributed by atoms with van der Waals surface area (Å²) in [6.07, 6.45) is 7.89. The summed E-state index contributed by atoms with van der Waals surface area (Å²) in [6, 6.07) is 3.31. The predicted molar refractivity (Wildman–Crippen MR) is 83.9 cm³/mol. The second-order valence-electron chi connectivity index (χ2n) is 5.08. The van der Waals surface area contributed by atoms with Crippen LogP contribution in [-0.4, -0.2) is 24.8 Å². The molecular weight excluding hydrogens is 302 g/mol. The lowest BCUT2D eigenvalue weighted by molar-refractivity contribution is 0.0926. The molecule has 0 aliphatic rings. The Bertz CT molecular complexity index is 789. The topological polar surface area (TPSA) is 64.2 Å². The van der Waals surface area contributed by atoms with Gasteiger partial charge in [0, 0.05) is 31.8 Å². The second-order valence-corrected chi connectivity index (χ2v) is 5.52. The third-order valence-corrected chi connectivity index (χ3v) is 3.74. The quantitative estimate of drug-likeness (QED) is 0.804. The number of nitrogens with zero attached hydrogens (tertiary/aromatic N) is 4. The zero-order chi connectivity index (χ0) is 15.7. The Balaban J connectivity index is 1.85. The van der Waals surface area contributed by atoms with E-state index in [0.717, 1.165) is 12.1 Å². The molecular formula is C15H16ClN5O. The van der Waals surface area contributed by atoms with Gasteiger partial charge in [-0.05, 0) is 18.6 Å². The van der Waals surface area contributed by atoms with Crippen molar-refractivity contribution >= 4 is 23.3 Å². The Morgan fingerprint density at radius 3 is 2.91 bits per heavy atom. The summed E-state index contributed by atoms with van der Waals surface area (Å²) < 4.78 is 3.54. The number of amides is 1. The van der Waals surface area contributed by atoms with Crippen LogP contribution in [0.4, 0.5) is 0 Å². The Hall–Kier alpha value is -2.34. The largest absolute Gasteiger partial charge is 0.345 e. The van der Waals surface area contributed by atoms with Gasteiger partial charge >= 0.3 is 0 Å². The minimum absolute atomic E-state index is 0.175. The molecule has 0 saturated carbocycles. The van der Waals surface area contributed by atoms with Gasteiger partial charge in [-0.3, -0.25) is 9.20 Å². The molecule has 7 heteroatoms. The molecule has 0 fully saturated rings. The number of nitrogens with one attached hydrogen (secondary N) is 1. The highest BCUT2D eigenvalue weighted by molar-refractivity contribution is 6.31. The highest BCUT2D eigenvalue weighted by Gasteiger charge is 2.19. The SMILES string of the molecule is CC[C@@H](NC(=O)c1cc(Cl)cn1C)c1cn2cccnc2n1. The molecule has 0 aliphatic carbocycles. The summed E-state index contributed by atoms with van der Waals surface area (Å²) >= 11 is 5.93. The van der Waals surface area contributed by atoms with E-state index in [4.69, 9.17) is 11.6 Å². The van der Waals surface area contributed by atoms with Crippen molar-refractivity contribution in [2.24, 2.45) is 7.05 Å². The van der Waals surface area contributed by atoms with Gasteiger partial charge in [-0.1, -0.05) is 18.5 Å². The van der Waals surface area contributed by atoms with Gasteiger partial charge in [0.25, 0.3) is 5.91 Å². The maximum Gasteiger partial charge on any atom is 0.268 e. The summed E-state index contributed by atoms with van der Waals surface area (Å²) in [5.41, 5.74) is 1.31. The maximum absolute atomic E-state index is 12.4. The lowest BCUT2D eigenvalue weighted by Gasteiger charge is -2.14. The van der Waals surface area contributed by atoms with Crippen LogP contribution in [0.5, 0.6) is 0 Å². The summed E-state index contributed by atoms with van der Waals surface area (Å²) in [5.74, 6) is 0.443. The molecule has 3 aromatic heterocycles. The van der Waals surface area contributed by atoms with E-state index in [0.29, 0.717) is 16.5 Å². The molecule has 0 bridgehead atoms. The van der Waals surface area contributed by atoms with Crippen LogP contribution >= 0.6 is 11.6 Å². The summed E-state index contributed by atoms with van der Waals surface area (Å²) in [5, 5.41) is 3.53. The van der Waals surface area contributed by atoms with E-state index in [1.165, 1.54) is 0 Å². The van der Waals surface area contributed by atoms with Crippen LogP contribution in [0.15, 0.2) is 36.9 Å². The van der Waals surface area contributed by atoms with Gasteiger partial charge in [-0.15, -0.1) is 0 Å². The van der Waals surface area contributed by atoms with Crippen LogP contribution in [0.3, 0.4) is 0 Å². The standard InChI is InChI=1S/C15H16ClN5O/c1-3-11(12-9-21-6-4-5-17-15(21)19-12)18-14(22)13-7-10(16)8-20(13)2/h4-9,11H,3H2,1-2H3,(H,18,22)/t11-/m1/s1. The zero-order valence-corrected chi connectivity index (χ0v) is 13.1. The first-order chi connectivity index (χ1) is 10.6. The first-order valence-corrected chi connectivity index (χ1v) is 7.38. The number of carbonyl (C=O) groups is 1. The third-order valence-electron chi connectivity index (χ3n) is 3.53. The van der Waals surface area contributed by atoms with Crippen molar-refractivity contribution in [3.05, 3.63) is 53.3 Å². The highest BCUT2D eigenvalue weighted by Crippen LogP contribution is 2.18. The van der Waals surface area contributed by atoms with Crippen molar-refractivity contribution in [3.63, 3.8) is 0 Å². The van der Waals surface area contributed by atoms with Crippen molar-refractivity contribution in [2.75, 3.05) is 0 Å². The van der Waals surface area contributed by atoms with Gasteiger partial charge in [0.2, 0.25) is 5.78 Å². The molecule has 0 saturated heterocycles. The Morgan fingerprint density at radius 2 is 2.27 bits per heavy atom. The molecule has 0 aromatic carbocycles. The number of hydrogen-bond acceptors (Lipinski definition) is 3. The molecule has 3 rings (SSSR count). The van der Waals surface area contributed by atoms with Crippen molar-refractivity contribution < 1.29 is 4.79 Å². The average molecular weight is 318 g/mol. The van der Waals surface area contributed by atoms with Crippen LogP contribution in [-0.2, 0) is 7.05 Å². The van der Waals surface area contributed by atoms with Crippen molar-refractivity contribution in [1.29, 1.82) is 0 Å². The molecule has 0 radical (unpaired) electrons. The monoisotopic (exact) mass is 317 g/mol. The number of aryl methyl sites for hydroxylation is 1. The molecule has 1 N–H and O–H groups in total. The fourth-order valence-corrected chi connectivity index (χ4v) is 2.63. The van der Waals surface area contributed by atoms with Gasteiger partial charge in [0.15, 0.2) is 0 Å². The van der Waals surface area contributed by atoms with Crippen molar-refractivity contribution in [1.82, 2.24) is 24.3 Å². The molecule has 6 nitrogen and oxygen atoms in total. The normalized spacial score (nSPS) is 12.5. The van der Waals surface area contributed by atoms with Crippen LogP contribution in [0.25, 0.3) is 5.78 Å². The first kappa shape index (κ1) is 14.6. The summed E-state index contributed by atoms with van der Waals surface area (Å²) in [7, 11) is 1.79. The number of aromatic nitrogens is 4. The van der Waals surface area contributed by atoms with Gasteiger partial charge in [-0.2, -0.15) is 0 Å². The van der Waals surface area contributed by atoms with E-state index in [-0.39, 0.29) is 11.9 Å². The number of fused-ring (bicyclic) bond motifs is 1. The van der Waals surface area contributed by atoms with E-state index in [1.807, 2.05) is 29.8 Å². The molecule has 3 aromatic rings. The Kier molecular flexibility index (Phi) is 3.85. The van der Waals surface area contributed by atoms with Crippen LogP contribution in [0, 0.1) is 0 Å². The lowest BCUT2D eigenvalue weighted by Crippen LogP contribution is -2.29. The molecule has 3 heterocycles. The molecule has 114 valence electrons. The smallest absolute Gasteiger partial charge is 0.268 e. The van der Waals surface area contributed by atoms with Crippen LogP contribution < -0.4 is 5.32 Å². The van der Waals surface area contributed by atoms with Gasteiger partial charge < -0.3 is 9.88 Å². The van der Waals surface area contributed by atoms with E-state index in [1.54, 1.807) is 30.1 Å². The average Bonchev–Trinajstić information content (AvgIpc) is 3.07. The number of hydrogen-bond donors (Lipinski definition) is 1. The fourth-order valence-electron chi connectivity index (χ4n) is 2.38. The Labute approximate surface area is 132 Å². The number of halogens is 1. The van der Waals surface area contributed by atoms with Gasteiger partial charge in [-0.25, -0.2) is 9.97 Å². The van der Waals surface area contributed by atoms with Crippen LogP contribution in [0.1, 0.15) is 35.6 Å². The maximum atomic E-state index is 12.4. The molecule has 22 heavy (non-hydrogen) atoms. The van der Waals surface area contributed by atoms with Crippen molar-refractivity contribution in [3.8, 4) is 0 Å². The minimum Gasteiger partial charge on any atom is -0.345 e. The summed E-state index contributed by atoms with van der Waals surface area (Å²) in [4.78, 5) is 21.0. The van der Waals surface area contributed by atoms with E-state index < -0.39 is 0 Å². The first-order valence-electron chi connectivity index (χ1n) is 7.01. The zero-order valence-electron chi connectivity index (χ0n) is 12.3. The molecule has 0 unspecified atom stereocenters. The molecule has 1 amide bonds. The lowest BCUT2D eigenvalue weighted by atomic mass is 10.1. The fraction of sp³-hybridized carbons (Fsp3) is 0.267. The Morgan fingerprint density at radius 1 is 1.45 bits per heavy atom. The van der Waals surface area contributed by atoms with Crippen LogP contribution in [0.2, 0.25) is 5.02 Å². The predicted octanol–water partition coefficient (Wildman–Crippen LogP) is 2.60. The molecule has 1 atom stereocenters. The molecule has 0 aliphatic heterocycles. The van der Waals surface area contributed by atoms with E-state index >= 15 is 0 Å². The number of carbonyl (C=O) groups excluding carboxylic acids is 1. The van der Waals surface area contributed by atoms with E-state index in [9.17, 15) is 4.79 Å². The van der Waals surface area contributed by atoms with E-state index in [2.05, 4.69) is 15.3 Å². The highest BCUT2D eigenvalue weighted by atomic mass is 35.5. The number of imidazole rings is 1. The summed E-state index contributed by atoms with van der Waals surface area (Å²) in [6.45, 7) is 2.00. The number of rotatable bonds is 4. The molecule has 0 spiro atoms.